The molecular formula is C23H30N4O4. The van der Waals surface area contributed by atoms with Crippen LogP contribution >= 0.6 is 0 Å². The summed E-state index contributed by atoms with van der Waals surface area (Å²) in [6.45, 7) is 5.30. The van der Waals surface area contributed by atoms with Gasteiger partial charge in [-0.1, -0.05) is 18.2 Å². The van der Waals surface area contributed by atoms with Crippen LogP contribution in [0.15, 0.2) is 42.6 Å². The maximum Gasteiger partial charge on any atom is 0.306 e. The first-order valence-electron chi connectivity index (χ1n) is 10.8. The van der Waals surface area contributed by atoms with Gasteiger partial charge in [-0.25, -0.2) is 4.68 Å². The van der Waals surface area contributed by atoms with Gasteiger partial charge in [-0.15, -0.1) is 10.2 Å². The number of unbranched alkanes of at least 4 members (excludes halogenated alkanes) is 1. The van der Waals surface area contributed by atoms with E-state index >= 15 is 0 Å². The lowest BCUT2D eigenvalue weighted by Gasteiger charge is -2.07. The largest absolute Gasteiger partial charge is 0.477 e. The van der Waals surface area contributed by atoms with Crippen LogP contribution in [0.5, 0.6) is 11.8 Å². The highest BCUT2D eigenvalue weighted by Crippen LogP contribution is 2.20. The van der Waals surface area contributed by atoms with Crippen molar-refractivity contribution in [3.63, 3.8) is 0 Å². The van der Waals surface area contributed by atoms with Crippen molar-refractivity contribution < 1.29 is 19.0 Å². The molecule has 1 N–H and O–H groups in total. The van der Waals surface area contributed by atoms with Crippen LogP contribution in [0, 0.1) is 0 Å². The molecule has 0 saturated carbocycles. The van der Waals surface area contributed by atoms with Crippen LogP contribution in [0.4, 0.5) is 0 Å². The number of carbonyl (C=O) groups excluding carboxylic acids is 1. The van der Waals surface area contributed by atoms with E-state index in [1.807, 2.05) is 61.1 Å². The molecule has 8 heteroatoms. The molecule has 1 aromatic carbocycles. The number of ether oxygens (including phenoxy) is 3. The van der Waals surface area contributed by atoms with Crippen molar-refractivity contribution in [2.24, 2.45) is 0 Å². The Bertz CT molecular complexity index is 936. The summed E-state index contributed by atoms with van der Waals surface area (Å²) in [5.74, 6) is 1.02. The van der Waals surface area contributed by atoms with Gasteiger partial charge in [-0.3, -0.25) is 9.89 Å². The van der Waals surface area contributed by atoms with Gasteiger partial charge in [-0.2, -0.15) is 0 Å². The third kappa shape index (κ3) is 6.60. The third-order valence-corrected chi connectivity index (χ3v) is 4.70. The first kappa shape index (κ1) is 22.4. The molecule has 0 fully saturated rings. The van der Waals surface area contributed by atoms with E-state index in [9.17, 15) is 4.79 Å². The molecule has 0 bridgehead atoms. The molecule has 8 nitrogen and oxygen atoms in total. The summed E-state index contributed by atoms with van der Waals surface area (Å²) in [4.78, 5) is 11.8. The zero-order valence-corrected chi connectivity index (χ0v) is 18.2. The highest BCUT2D eigenvalue weighted by molar-refractivity contribution is 5.69. The number of H-pyrrole nitrogens is 1. The molecule has 0 amide bonds. The lowest BCUT2D eigenvalue weighted by molar-refractivity contribution is -0.143. The SMILES string of the molecule is CCOC(=O)CCc1cc(OCCCCc2c[nH]nc2OCC)nn1-c1ccccc1. The van der Waals surface area contributed by atoms with E-state index < -0.39 is 0 Å². The lowest BCUT2D eigenvalue weighted by Crippen LogP contribution is -2.08. The summed E-state index contributed by atoms with van der Waals surface area (Å²) in [5.41, 5.74) is 2.92. The van der Waals surface area contributed by atoms with E-state index in [0.29, 0.717) is 44.4 Å². The van der Waals surface area contributed by atoms with Gasteiger partial charge < -0.3 is 14.2 Å². The summed E-state index contributed by atoms with van der Waals surface area (Å²) in [5, 5.41) is 11.6. The summed E-state index contributed by atoms with van der Waals surface area (Å²) >= 11 is 0. The zero-order chi connectivity index (χ0) is 21.9. The minimum atomic E-state index is -0.212. The van der Waals surface area contributed by atoms with Gasteiger partial charge in [0.1, 0.15) is 0 Å². The minimum absolute atomic E-state index is 0.212. The minimum Gasteiger partial charge on any atom is -0.477 e. The number of carbonyl (C=O) groups is 1. The third-order valence-electron chi connectivity index (χ3n) is 4.70. The van der Waals surface area contributed by atoms with Crippen molar-refractivity contribution in [1.29, 1.82) is 0 Å². The Hall–Kier alpha value is -3.29. The molecular weight excluding hydrogens is 396 g/mol. The van der Waals surface area contributed by atoms with Crippen molar-refractivity contribution in [2.75, 3.05) is 19.8 Å². The molecule has 2 heterocycles. The second-order valence-electron chi connectivity index (χ2n) is 6.98. The molecule has 166 valence electrons. The normalized spacial score (nSPS) is 10.8. The molecule has 0 radical (unpaired) electrons. The summed E-state index contributed by atoms with van der Waals surface area (Å²) in [6, 6.07) is 11.7. The Labute approximate surface area is 182 Å². The molecule has 0 spiro atoms. The Morgan fingerprint density at radius 2 is 1.90 bits per heavy atom. The van der Waals surface area contributed by atoms with Crippen molar-refractivity contribution in [3.05, 3.63) is 53.9 Å². The molecule has 31 heavy (non-hydrogen) atoms. The molecule has 0 aliphatic heterocycles. The van der Waals surface area contributed by atoms with Gasteiger partial charge in [0.05, 0.1) is 31.9 Å². The Morgan fingerprint density at radius 3 is 2.68 bits per heavy atom. The van der Waals surface area contributed by atoms with E-state index in [0.717, 1.165) is 36.2 Å². The first-order valence-corrected chi connectivity index (χ1v) is 10.8. The van der Waals surface area contributed by atoms with E-state index in [4.69, 9.17) is 14.2 Å². The molecule has 0 aliphatic rings. The zero-order valence-electron chi connectivity index (χ0n) is 18.2. The van der Waals surface area contributed by atoms with Crippen molar-refractivity contribution in [2.45, 2.75) is 46.0 Å². The van der Waals surface area contributed by atoms with Crippen molar-refractivity contribution >= 4 is 5.97 Å². The molecule has 0 unspecified atom stereocenters. The Balaban J connectivity index is 1.55. The summed E-state index contributed by atoms with van der Waals surface area (Å²) in [6.07, 6.45) is 5.42. The summed E-state index contributed by atoms with van der Waals surface area (Å²) < 4.78 is 18.3. The number of benzene rings is 1. The van der Waals surface area contributed by atoms with Gasteiger partial charge in [0.15, 0.2) is 0 Å². The lowest BCUT2D eigenvalue weighted by atomic mass is 10.1. The van der Waals surface area contributed by atoms with Crippen LogP contribution in [0.1, 0.15) is 44.4 Å². The summed E-state index contributed by atoms with van der Waals surface area (Å²) in [7, 11) is 0. The maximum absolute atomic E-state index is 11.8. The topological polar surface area (TPSA) is 91.3 Å². The molecule has 3 rings (SSSR count). The van der Waals surface area contributed by atoms with Gasteiger partial charge in [-0.05, 0) is 45.2 Å². The fourth-order valence-electron chi connectivity index (χ4n) is 3.24. The molecule has 0 atom stereocenters. The average molecular weight is 427 g/mol. The van der Waals surface area contributed by atoms with Crippen molar-refractivity contribution in [1.82, 2.24) is 20.0 Å². The molecule has 0 saturated heterocycles. The number of nitrogens with one attached hydrogen (secondary N) is 1. The number of hydrogen-bond donors (Lipinski definition) is 1. The number of aromatic amines is 1. The average Bonchev–Trinajstić information content (AvgIpc) is 3.40. The monoisotopic (exact) mass is 426 g/mol. The smallest absolute Gasteiger partial charge is 0.306 e. The van der Waals surface area contributed by atoms with Gasteiger partial charge in [0.25, 0.3) is 0 Å². The van der Waals surface area contributed by atoms with Gasteiger partial charge in [0.2, 0.25) is 11.8 Å². The van der Waals surface area contributed by atoms with Crippen LogP contribution in [-0.4, -0.2) is 45.8 Å². The fourth-order valence-corrected chi connectivity index (χ4v) is 3.24. The Morgan fingerprint density at radius 1 is 1.06 bits per heavy atom. The standard InChI is InChI=1S/C23H30N4O4/c1-3-29-22(28)14-13-20-16-21(26-27(20)19-11-6-5-7-12-19)31-15-9-8-10-18-17-24-25-23(18)30-4-2/h5-7,11-12,16-17H,3-4,8-10,13-15H2,1-2H3,(H,24,25). The highest BCUT2D eigenvalue weighted by Gasteiger charge is 2.13. The fraction of sp³-hybridized carbons (Fsp3) is 0.435. The molecule has 2 aromatic heterocycles. The van der Waals surface area contributed by atoms with Gasteiger partial charge >= 0.3 is 5.97 Å². The predicted octanol–water partition coefficient (Wildman–Crippen LogP) is 3.89. The van der Waals surface area contributed by atoms with Crippen LogP contribution in [0.3, 0.4) is 0 Å². The quantitative estimate of drug-likeness (QED) is 0.329. The van der Waals surface area contributed by atoms with Gasteiger partial charge in [0, 0.05) is 29.9 Å². The van der Waals surface area contributed by atoms with Crippen molar-refractivity contribution in [3.8, 4) is 17.4 Å². The first-order chi connectivity index (χ1) is 15.2. The molecule has 0 aliphatic carbocycles. The number of aromatic nitrogens is 4. The van der Waals surface area contributed by atoms with Crippen LogP contribution in [0.2, 0.25) is 0 Å². The number of nitrogens with zero attached hydrogens (tertiary/aromatic N) is 3. The number of para-hydroxylation sites is 1. The Kier molecular flexibility index (Phi) is 8.51. The second-order valence-corrected chi connectivity index (χ2v) is 6.98. The van der Waals surface area contributed by atoms with E-state index in [2.05, 4.69) is 15.3 Å². The van der Waals surface area contributed by atoms with Crippen LogP contribution in [0.25, 0.3) is 5.69 Å². The number of hydrogen-bond acceptors (Lipinski definition) is 6. The predicted molar refractivity (Wildman–Crippen MR) is 117 cm³/mol. The number of rotatable bonds is 13. The number of esters is 1. The van der Waals surface area contributed by atoms with E-state index in [1.165, 1.54) is 0 Å². The number of aryl methyl sites for hydroxylation is 2. The van der Waals surface area contributed by atoms with Crippen LogP contribution in [-0.2, 0) is 22.4 Å². The van der Waals surface area contributed by atoms with E-state index in [1.54, 1.807) is 0 Å². The second kappa shape index (κ2) is 11.8. The van der Waals surface area contributed by atoms with Crippen LogP contribution < -0.4 is 9.47 Å². The maximum atomic E-state index is 11.8. The highest BCUT2D eigenvalue weighted by atomic mass is 16.5. The molecule has 3 aromatic rings. The van der Waals surface area contributed by atoms with E-state index in [-0.39, 0.29) is 5.97 Å².